The minimum atomic E-state index is -0.145. The number of amides is 1. The Balaban J connectivity index is 1.40. The largest absolute Gasteiger partial charge is 0.496 e. The molecule has 0 saturated carbocycles. The number of methoxy groups -OCH3 is 1. The van der Waals surface area contributed by atoms with Crippen LogP contribution >= 0.6 is 11.6 Å². The molecule has 0 aliphatic carbocycles. The highest BCUT2D eigenvalue weighted by Crippen LogP contribution is 2.41. The molecule has 3 N–H and O–H groups in total. The van der Waals surface area contributed by atoms with Gasteiger partial charge < -0.3 is 25.3 Å². The van der Waals surface area contributed by atoms with Crippen LogP contribution in [0.3, 0.4) is 0 Å². The number of nitrogens with zero attached hydrogens (tertiary/aromatic N) is 1. The first-order valence-electron chi connectivity index (χ1n) is 12.7. The Morgan fingerprint density at radius 1 is 1.08 bits per heavy atom. The topological polar surface area (TPSA) is 86.0 Å². The summed E-state index contributed by atoms with van der Waals surface area (Å²) in [5.41, 5.74) is 10.3. The second-order valence-corrected chi connectivity index (χ2v) is 9.64. The Labute approximate surface area is 222 Å². The highest BCUT2D eigenvalue weighted by molar-refractivity contribution is 6.36. The molecule has 2 aliphatic heterocycles. The summed E-state index contributed by atoms with van der Waals surface area (Å²) in [5.74, 6) is 2.29. The van der Waals surface area contributed by atoms with Crippen LogP contribution in [0.5, 0.6) is 17.2 Å². The third-order valence-corrected chi connectivity index (χ3v) is 7.34. The molecule has 1 unspecified atom stereocenters. The van der Waals surface area contributed by atoms with E-state index in [-0.39, 0.29) is 11.9 Å². The number of nitrogens with one attached hydrogen (secondary N) is 1. The highest BCUT2D eigenvalue weighted by atomic mass is 35.5. The number of nitrogens with two attached hydrogens (primary N) is 1. The number of benzene rings is 3. The van der Waals surface area contributed by atoms with E-state index in [1.54, 1.807) is 7.11 Å². The van der Waals surface area contributed by atoms with E-state index in [2.05, 4.69) is 22.3 Å². The summed E-state index contributed by atoms with van der Waals surface area (Å²) in [6.45, 7) is 3.52. The number of carbonyl (C=O) groups is 1. The number of fused-ring (bicyclic) bond motifs is 1. The molecule has 8 heteroatoms. The van der Waals surface area contributed by atoms with E-state index in [1.165, 1.54) is 0 Å². The number of hydrogen-bond donors (Lipinski definition) is 2. The van der Waals surface area contributed by atoms with Crippen LogP contribution in [0.25, 0.3) is 22.3 Å². The first kappa shape index (κ1) is 25.4. The van der Waals surface area contributed by atoms with Gasteiger partial charge in [-0.25, -0.2) is 0 Å². The molecule has 1 saturated heterocycles. The number of carbonyl (C=O) groups excluding carboxylic acids is 1. The van der Waals surface area contributed by atoms with Gasteiger partial charge in [-0.1, -0.05) is 48.0 Å². The lowest BCUT2D eigenvalue weighted by atomic mass is 9.97. The molecule has 194 valence electrons. The van der Waals surface area contributed by atoms with Crippen molar-refractivity contribution in [3.63, 3.8) is 0 Å². The zero-order valence-electron chi connectivity index (χ0n) is 21.0. The molecule has 3 aromatic rings. The fourth-order valence-electron chi connectivity index (χ4n) is 5.08. The van der Waals surface area contributed by atoms with E-state index >= 15 is 0 Å². The number of rotatable bonds is 8. The molecule has 0 radical (unpaired) electrons. The first-order valence-corrected chi connectivity index (χ1v) is 13.0. The molecule has 2 aliphatic rings. The van der Waals surface area contributed by atoms with Crippen LogP contribution in [0.1, 0.15) is 18.4 Å². The lowest BCUT2D eigenvalue weighted by Gasteiger charge is -2.24. The molecule has 7 nitrogen and oxygen atoms in total. The van der Waals surface area contributed by atoms with Gasteiger partial charge in [0.2, 0.25) is 5.91 Å². The summed E-state index contributed by atoms with van der Waals surface area (Å²) in [5, 5.41) is 3.58. The number of ether oxygens (including phenoxy) is 3. The molecule has 5 rings (SSSR count). The van der Waals surface area contributed by atoms with Gasteiger partial charge in [0.15, 0.2) is 11.5 Å². The summed E-state index contributed by atoms with van der Waals surface area (Å²) >= 11 is 6.95. The summed E-state index contributed by atoms with van der Waals surface area (Å²) < 4.78 is 17.2. The summed E-state index contributed by atoms with van der Waals surface area (Å²) in [6.07, 6.45) is 1.84. The third-order valence-electron chi connectivity index (χ3n) is 6.93. The van der Waals surface area contributed by atoms with Crippen molar-refractivity contribution in [2.24, 2.45) is 5.73 Å². The molecule has 0 aromatic heterocycles. The van der Waals surface area contributed by atoms with Crippen molar-refractivity contribution in [2.45, 2.75) is 25.4 Å². The minimum Gasteiger partial charge on any atom is -0.496 e. The predicted molar refractivity (Wildman–Crippen MR) is 145 cm³/mol. The van der Waals surface area contributed by atoms with Crippen LogP contribution in [-0.4, -0.2) is 56.8 Å². The molecule has 0 bridgehead atoms. The van der Waals surface area contributed by atoms with Crippen LogP contribution in [0.2, 0.25) is 5.02 Å². The standard InChI is InChI=1S/C29H32ClN3O4/c1-35-26-16-19(7-8-21(26)18-33-13-3-6-24(33)29(34)32-12-11-31)22-4-2-5-23(28(22)30)20-9-10-25-27(17-20)37-15-14-36-25/h2,4-5,7-10,16-17,24H,3,6,11-15,18,31H2,1H3,(H,32,34). The van der Waals surface area contributed by atoms with Gasteiger partial charge in [-0.2, -0.15) is 0 Å². The van der Waals surface area contributed by atoms with Crippen LogP contribution < -0.4 is 25.3 Å². The molecular weight excluding hydrogens is 490 g/mol. The average molecular weight is 522 g/mol. The van der Waals surface area contributed by atoms with Gasteiger partial charge in [-0.15, -0.1) is 0 Å². The second-order valence-electron chi connectivity index (χ2n) is 9.26. The highest BCUT2D eigenvalue weighted by Gasteiger charge is 2.31. The molecule has 1 amide bonds. The zero-order valence-corrected chi connectivity index (χ0v) is 21.7. The Hall–Kier alpha value is -3.26. The monoisotopic (exact) mass is 521 g/mol. The van der Waals surface area contributed by atoms with E-state index in [0.717, 1.165) is 64.5 Å². The number of likely N-dealkylation sites (tertiary alicyclic amines) is 1. The third kappa shape index (κ3) is 5.39. The smallest absolute Gasteiger partial charge is 0.237 e. The van der Waals surface area contributed by atoms with Gasteiger partial charge in [0.05, 0.1) is 18.2 Å². The Kier molecular flexibility index (Phi) is 7.84. The van der Waals surface area contributed by atoms with Crippen LogP contribution in [0.15, 0.2) is 54.6 Å². The lowest BCUT2D eigenvalue weighted by molar-refractivity contribution is -0.125. The van der Waals surface area contributed by atoms with Gasteiger partial charge in [0, 0.05) is 36.3 Å². The molecular formula is C29H32ClN3O4. The van der Waals surface area contributed by atoms with E-state index in [1.807, 2.05) is 42.5 Å². The number of halogens is 1. The van der Waals surface area contributed by atoms with Gasteiger partial charge in [0.1, 0.15) is 19.0 Å². The van der Waals surface area contributed by atoms with Gasteiger partial charge >= 0.3 is 0 Å². The van der Waals surface area contributed by atoms with E-state index in [4.69, 9.17) is 31.5 Å². The van der Waals surface area contributed by atoms with E-state index in [9.17, 15) is 4.79 Å². The van der Waals surface area contributed by atoms with E-state index in [0.29, 0.717) is 37.9 Å². The average Bonchev–Trinajstić information content (AvgIpc) is 3.40. The quantitative estimate of drug-likeness (QED) is 0.454. The van der Waals surface area contributed by atoms with Crippen LogP contribution in [-0.2, 0) is 11.3 Å². The second kappa shape index (κ2) is 11.4. The van der Waals surface area contributed by atoms with Crippen molar-refractivity contribution in [1.29, 1.82) is 0 Å². The maximum absolute atomic E-state index is 12.6. The van der Waals surface area contributed by atoms with Crippen molar-refractivity contribution in [1.82, 2.24) is 10.2 Å². The van der Waals surface area contributed by atoms with Gasteiger partial charge in [0.25, 0.3) is 0 Å². The fourth-order valence-corrected chi connectivity index (χ4v) is 5.42. The Bertz CT molecular complexity index is 1280. The minimum absolute atomic E-state index is 0.0428. The molecule has 1 atom stereocenters. The normalized spacial score (nSPS) is 17.0. The maximum Gasteiger partial charge on any atom is 0.237 e. The van der Waals surface area contributed by atoms with Gasteiger partial charge in [-0.05, 0) is 48.7 Å². The maximum atomic E-state index is 12.6. The summed E-state index contributed by atoms with van der Waals surface area (Å²) in [4.78, 5) is 14.8. The van der Waals surface area contributed by atoms with Crippen molar-refractivity contribution in [2.75, 3.05) is 40.0 Å². The Morgan fingerprint density at radius 3 is 2.57 bits per heavy atom. The molecule has 3 aromatic carbocycles. The predicted octanol–water partition coefficient (Wildman–Crippen LogP) is 4.49. The van der Waals surface area contributed by atoms with Crippen LogP contribution in [0.4, 0.5) is 0 Å². The number of hydrogen-bond acceptors (Lipinski definition) is 6. The fraction of sp³-hybridized carbons (Fsp3) is 0.345. The molecule has 0 spiro atoms. The van der Waals surface area contributed by atoms with Crippen LogP contribution in [0, 0.1) is 0 Å². The van der Waals surface area contributed by atoms with Crippen molar-refractivity contribution in [3.05, 3.63) is 65.2 Å². The first-order chi connectivity index (χ1) is 18.1. The molecule has 1 fully saturated rings. The van der Waals surface area contributed by atoms with Crippen molar-refractivity contribution >= 4 is 17.5 Å². The summed E-state index contributed by atoms with van der Waals surface area (Å²) in [6, 6.07) is 17.9. The lowest BCUT2D eigenvalue weighted by Crippen LogP contribution is -2.44. The molecule has 37 heavy (non-hydrogen) atoms. The SMILES string of the molecule is COc1cc(-c2cccc(-c3ccc4c(c3)OCCO4)c2Cl)ccc1CN1CCCC1C(=O)NCCN. The van der Waals surface area contributed by atoms with E-state index < -0.39 is 0 Å². The zero-order chi connectivity index (χ0) is 25.8. The summed E-state index contributed by atoms with van der Waals surface area (Å²) in [7, 11) is 1.67. The van der Waals surface area contributed by atoms with Gasteiger partial charge in [-0.3, -0.25) is 9.69 Å². The van der Waals surface area contributed by atoms with Crippen molar-refractivity contribution < 1.29 is 19.0 Å². The van der Waals surface area contributed by atoms with Crippen molar-refractivity contribution in [3.8, 4) is 39.5 Å². The molecule has 2 heterocycles. The Morgan fingerprint density at radius 2 is 1.81 bits per heavy atom.